The number of anilines is 1. The summed E-state index contributed by atoms with van der Waals surface area (Å²) in [7, 11) is 0. The highest BCUT2D eigenvalue weighted by Crippen LogP contribution is 2.51. The summed E-state index contributed by atoms with van der Waals surface area (Å²) in [5.74, 6) is 0.927. The first-order valence-electron chi connectivity index (χ1n) is 11.8. The standard InChI is InChI=1S/C25H24Cl2N4O4/c26-17-2-1-3-18(27)21(17)22-16(23(35-30-22)14-4-5-14)12-34-15-8-25(9-15)6-7-31(13-25)20-11-28-19(10-29-20)24(32)33/h1-3,10-11,14-15H,4-9,12-13H2,(H,32,33). The molecule has 1 spiro atoms. The summed E-state index contributed by atoms with van der Waals surface area (Å²) in [5, 5.41) is 14.5. The number of carboxylic acids is 1. The molecule has 0 amide bonds. The molecule has 10 heteroatoms. The van der Waals surface area contributed by atoms with E-state index in [1.54, 1.807) is 18.3 Å². The highest BCUT2D eigenvalue weighted by Gasteiger charge is 2.49. The van der Waals surface area contributed by atoms with Crippen molar-refractivity contribution in [1.82, 2.24) is 15.1 Å². The summed E-state index contributed by atoms with van der Waals surface area (Å²) in [6, 6.07) is 5.43. The molecule has 3 aromatic rings. The lowest BCUT2D eigenvalue weighted by Crippen LogP contribution is -2.44. The zero-order valence-corrected chi connectivity index (χ0v) is 20.4. The number of aromatic nitrogens is 3. The number of hydrogen-bond acceptors (Lipinski definition) is 7. The van der Waals surface area contributed by atoms with Gasteiger partial charge in [-0.05, 0) is 49.7 Å². The van der Waals surface area contributed by atoms with Gasteiger partial charge in [0.15, 0.2) is 5.69 Å². The number of rotatable bonds is 7. The van der Waals surface area contributed by atoms with E-state index in [9.17, 15) is 4.79 Å². The molecule has 1 N–H and O–H groups in total. The minimum Gasteiger partial charge on any atom is -0.476 e. The number of halogens is 2. The molecule has 2 aromatic heterocycles. The highest BCUT2D eigenvalue weighted by atomic mass is 35.5. The van der Waals surface area contributed by atoms with Crippen molar-refractivity contribution in [2.24, 2.45) is 5.41 Å². The van der Waals surface area contributed by atoms with Gasteiger partial charge in [-0.3, -0.25) is 0 Å². The number of carbonyl (C=O) groups is 1. The number of ether oxygens (including phenoxy) is 1. The van der Waals surface area contributed by atoms with Crippen molar-refractivity contribution in [1.29, 1.82) is 0 Å². The minimum atomic E-state index is -1.07. The first kappa shape index (κ1) is 22.8. The molecule has 0 bridgehead atoms. The molecule has 0 atom stereocenters. The Balaban J connectivity index is 1.11. The molecule has 6 rings (SSSR count). The zero-order chi connectivity index (χ0) is 24.2. The molecule has 182 valence electrons. The van der Waals surface area contributed by atoms with Crippen molar-refractivity contribution < 1.29 is 19.2 Å². The first-order valence-corrected chi connectivity index (χ1v) is 12.5. The Morgan fingerprint density at radius 1 is 1.20 bits per heavy atom. The fraction of sp³-hybridized carbons (Fsp3) is 0.440. The fourth-order valence-corrected chi connectivity index (χ4v) is 5.91. The van der Waals surface area contributed by atoms with E-state index in [0.29, 0.717) is 33.8 Å². The second-order valence-electron chi connectivity index (χ2n) is 9.82. The van der Waals surface area contributed by atoms with Gasteiger partial charge in [-0.25, -0.2) is 14.8 Å². The summed E-state index contributed by atoms with van der Waals surface area (Å²) in [5.41, 5.74) is 2.46. The molecule has 0 radical (unpaired) electrons. The SMILES string of the molecule is O=C(O)c1cnc(N2CCC3(CC(OCc4c(-c5c(Cl)cccc5Cl)noc4C4CC4)C3)C2)cn1. The number of carboxylic acid groups (broad SMARTS) is 1. The van der Waals surface area contributed by atoms with Crippen LogP contribution in [0.3, 0.4) is 0 Å². The van der Waals surface area contributed by atoms with Crippen LogP contribution in [0, 0.1) is 5.41 Å². The average Bonchev–Trinajstić information content (AvgIpc) is 3.43. The molecule has 3 fully saturated rings. The van der Waals surface area contributed by atoms with Crippen molar-refractivity contribution in [2.75, 3.05) is 18.0 Å². The smallest absolute Gasteiger partial charge is 0.356 e. The van der Waals surface area contributed by atoms with E-state index in [1.165, 1.54) is 6.20 Å². The van der Waals surface area contributed by atoms with Crippen LogP contribution >= 0.6 is 23.2 Å². The van der Waals surface area contributed by atoms with Gasteiger partial charge >= 0.3 is 5.97 Å². The summed E-state index contributed by atoms with van der Waals surface area (Å²) in [6.07, 6.45) is 8.19. The van der Waals surface area contributed by atoms with Gasteiger partial charge in [-0.15, -0.1) is 0 Å². The summed E-state index contributed by atoms with van der Waals surface area (Å²) >= 11 is 12.9. The maximum Gasteiger partial charge on any atom is 0.356 e. The van der Waals surface area contributed by atoms with E-state index >= 15 is 0 Å². The Kier molecular flexibility index (Phi) is 5.70. The Labute approximate surface area is 212 Å². The van der Waals surface area contributed by atoms with E-state index in [0.717, 1.165) is 62.3 Å². The topological polar surface area (TPSA) is 102 Å². The van der Waals surface area contributed by atoms with Crippen molar-refractivity contribution >= 4 is 35.0 Å². The Morgan fingerprint density at radius 2 is 1.97 bits per heavy atom. The highest BCUT2D eigenvalue weighted by molar-refractivity contribution is 6.39. The molecule has 8 nitrogen and oxygen atoms in total. The van der Waals surface area contributed by atoms with Crippen LogP contribution in [0.15, 0.2) is 35.1 Å². The Bertz CT molecular complexity index is 1250. The lowest BCUT2D eigenvalue weighted by atomic mass is 9.66. The summed E-state index contributed by atoms with van der Waals surface area (Å²) in [4.78, 5) is 21.5. The third kappa shape index (κ3) is 4.28. The lowest BCUT2D eigenvalue weighted by molar-refractivity contribution is -0.0796. The van der Waals surface area contributed by atoms with Gasteiger partial charge in [-0.2, -0.15) is 0 Å². The molecule has 35 heavy (non-hydrogen) atoms. The van der Waals surface area contributed by atoms with Gasteiger partial charge in [0.1, 0.15) is 17.3 Å². The minimum absolute atomic E-state index is 0.0449. The summed E-state index contributed by atoms with van der Waals surface area (Å²) in [6.45, 7) is 2.16. The second-order valence-corrected chi connectivity index (χ2v) is 10.6. The van der Waals surface area contributed by atoms with E-state index < -0.39 is 5.97 Å². The van der Waals surface area contributed by atoms with Gasteiger partial charge in [-0.1, -0.05) is 34.4 Å². The summed E-state index contributed by atoms with van der Waals surface area (Å²) < 4.78 is 12.1. The predicted molar refractivity (Wildman–Crippen MR) is 130 cm³/mol. The fourth-order valence-electron chi connectivity index (χ4n) is 5.33. The van der Waals surface area contributed by atoms with Crippen LogP contribution in [0.4, 0.5) is 5.82 Å². The van der Waals surface area contributed by atoms with E-state index in [2.05, 4.69) is 20.0 Å². The molecule has 0 unspecified atom stereocenters. The van der Waals surface area contributed by atoms with Gasteiger partial charge < -0.3 is 19.3 Å². The van der Waals surface area contributed by atoms with Crippen LogP contribution in [0.1, 0.15) is 59.8 Å². The van der Waals surface area contributed by atoms with Crippen LogP contribution in [0.5, 0.6) is 0 Å². The average molecular weight is 515 g/mol. The lowest BCUT2D eigenvalue weighted by Gasteiger charge is -2.44. The van der Waals surface area contributed by atoms with Crippen LogP contribution in [0.25, 0.3) is 11.3 Å². The van der Waals surface area contributed by atoms with Gasteiger partial charge in [0, 0.05) is 30.1 Å². The third-order valence-electron chi connectivity index (χ3n) is 7.37. The molecule has 1 aliphatic heterocycles. The Hall–Kier alpha value is -2.68. The maximum absolute atomic E-state index is 11.0. The number of benzene rings is 1. The molecule has 2 saturated carbocycles. The number of aromatic carboxylic acids is 1. The third-order valence-corrected chi connectivity index (χ3v) is 8.00. The van der Waals surface area contributed by atoms with Crippen LogP contribution in [-0.4, -0.2) is 45.4 Å². The van der Waals surface area contributed by atoms with E-state index in [4.69, 9.17) is 37.6 Å². The quantitative estimate of drug-likeness (QED) is 0.435. The zero-order valence-electron chi connectivity index (χ0n) is 18.9. The molecule has 3 heterocycles. The molecule has 2 aliphatic carbocycles. The van der Waals surface area contributed by atoms with Crippen molar-refractivity contribution in [3.63, 3.8) is 0 Å². The van der Waals surface area contributed by atoms with Gasteiger partial charge in [0.05, 0.1) is 35.1 Å². The van der Waals surface area contributed by atoms with Crippen LogP contribution in [-0.2, 0) is 11.3 Å². The van der Waals surface area contributed by atoms with Crippen molar-refractivity contribution in [2.45, 2.75) is 50.7 Å². The molecule has 1 aromatic carbocycles. The largest absolute Gasteiger partial charge is 0.476 e. The number of hydrogen-bond donors (Lipinski definition) is 1. The monoisotopic (exact) mass is 514 g/mol. The number of nitrogens with zero attached hydrogens (tertiary/aromatic N) is 4. The van der Waals surface area contributed by atoms with Gasteiger partial charge in [0.2, 0.25) is 0 Å². The molecular formula is C25H24Cl2N4O4. The van der Waals surface area contributed by atoms with Crippen LogP contribution < -0.4 is 4.90 Å². The first-order chi connectivity index (χ1) is 16.9. The van der Waals surface area contributed by atoms with Crippen molar-refractivity contribution in [3.8, 4) is 11.3 Å². The maximum atomic E-state index is 11.0. The molecular weight excluding hydrogens is 491 g/mol. The second kappa shape index (κ2) is 8.76. The Morgan fingerprint density at radius 3 is 2.63 bits per heavy atom. The predicted octanol–water partition coefficient (Wildman–Crippen LogP) is 5.59. The molecule has 1 saturated heterocycles. The molecule has 3 aliphatic rings. The normalized spacial score (nSPS) is 23.6. The van der Waals surface area contributed by atoms with Crippen molar-refractivity contribution in [3.05, 3.63) is 57.7 Å². The van der Waals surface area contributed by atoms with E-state index in [-0.39, 0.29) is 17.2 Å². The van der Waals surface area contributed by atoms with E-state index in [1.807, 2.05) is 6.07 Å². The van der Waals surface area contributed by atoms with Gasteiger partial charge in [0.25, 0.3) is 0 Å². The van der Waals surface area contributed by atoms with Crippen LogP contribution in [0.2, 0.25) is 10.0 Å².